The van der Waals surface area contributed by atoms with Crippen LogP contribution in [0.4, 0.5) is 0 Å². The Morgan fingerprint density at radius 3 is 2.21 bits per heavy atom. The van der Waals surface area contributed by atoms with Crippen LogP contribution in [0.3, 0.4) is 0 Å². The van der Waals surface area contributed by atoms with Gasteiger partial charge in [-0.05, 0) is 48.9 Å². The van der Waals surface area contributed by atoms with Gasteiger partial charge in [0.1, 0.15) is 30.5 Å². The van der Waals surface area contributed by atoms with Gasteiger partial charge in [0.15, 0.2) is 9.84 Å². The number of carbonyl (C=O) groups excluding carboxylic acids is 1. The minimum atomic E-state index is -3.29. The lowest BCUT2D eigenvalue weighted by Crippen LogP contribution is -2.29. The molecule has 0 spiro atoms. The number of sulfone groups is 1. The Morgan fingerprint density at radius 2 is 1.44 bits per heavy atom. The fourth-order valence-electron chi connectivity index (χ4n) is 3.19. The normalized spacial score (nSPS) is 11.0. The number of amides is 1. The molecule has 180 valence electrons. The summed E-state index contributed by atoms with van der Waals surface area (Å²) in [5, 5.41) is 0. The third kappa shape index (κ3) is 7.52. The molecule has 0 fully saturated rings. The average Bonchev–Trinajstić information content (AvgIpc) is 2.84. The third-order valence-electron chi connectivity index (χ3n) is 4.96. The monoisotopic (exact) mass is 483 g/mol. The Morgan fingerprint density at radius 1 is 0.794 bits per heavy atom. The fourth-order valence-corrected chi connectivity index (χ4v) is 3.85. The summed E-state index contributed by atoms with van der Waals surface area (Å²) < 4.78 is 40.4. The lowest BCUT2D eigenvalue weighted by Gasteiger charge is -2.19. The molecule has 8 heteroatoms. The summed E-state index contributed by atoms with van der Waals surface area (Å²) in [4.78, 5) is 14.8. The molecule has 34 heavy (non-hydrogen) atoms. The Kier molecular flexibility index (Phi) is 8.93. The van der Waals surface area contributed by atoms with Gasteiger partial charge in [0.25, 0.3) is 5.91 Å². The zero-order chi connectivity index (χ0) is 24.4. The lowest BCUT2D eigenvalue weighted by molar-refractivity contribution is 0.0782. The van der Waals surface area contributed by atoms with Crippen LogP contribution in [-0.2, 0) is 9.84 Å². The van der Waals surface area contributed by atoms with Gasteiger partial charge in [-0.2, -0.15) is 0 Å². The maximum absolute atomic E-state index is 12.9. The van der Waals surface area contributed by atoms with Crippen LogP contribution in [0.5, 0.6) is 17.2 Å². The molecule has 0 bridgehead atoms. The fraction of sp³-hybridized carbons (Fsp3) is 0.269. The topological polar surface area (TPSA) is 82.1 Å². The van der Waals surface area contributed by atoms with Gasteiger partial charge in [-0.15, -0.1) is 0 Å². The highest BCUT2D eigenvalue weighted by atomic mass is 32.2. The van der Waals surface area contributed by atoms with Crippen LogP contribution >= 0.6 is 0 Å². The van der Waals surface area contributed by atoms with Crippen molar-refractivity contribution in [3.63, 3.8) is 0 Å². The van der Waals surface area contributed by atoms with Gasteiger partial charge in [-0.25, -0.2) is 8.42 Å². The molecule has 0 aromatic heterocycles. The molecule has 0 saturated heterocycles. The number of ether oxygens (including phenoxy) is 3. The number of nitrogens with zero attached hydrogens (tertiary/aromatic N) is 1. The molecule has 0 aliphatic heterocycles. The summed E-state index contributed by atoms with van der Waals surface area (Å²) in [6.45, 7) is 1.49. The zero-order valence-corrected chi connectivity index (χ0v) is 20.2. The molecule has 0 unspecified atom stereocenters. The Balaban J connectivity index is 1.47. The number of carbonyl (C=O) groups is 1. The molecule has 1 amide bonds. The number of benzene rings is 3. The van der Waals surface area contributed by atoms with E-state index in [1.54, 1.807) is 42.3 Å². The van der Waals surface area contributed by atoms with Crippen LogP contribution in [0.15, 0.2) is 83.8 Å². The second-order valence-corrected chi connectivity index (χ2v) is 9.70. The van der Waals surface area contributed by atoms with E-state index in [0.717, 1.165) is 12.0 Å². The molecule has 0 N–H and O–H groups in total. The van der Waals surface area contributed by atoms with Gasteiger partial charge >= 0.3 is 0 Å². The predicted molar refractivity (Wildman–Crippen MR) is 130 cm³/mol. The highest BCUT2D eigenvalue weighted by molar-refractivity contribution is 7.90. The first-order valence-corrected chi connectivity index (χ1v) is 12.8. The van der Waals surface area contributed by atoms with E-state index in [1.807, 2.05) is 36.4 Å². The summed E-state index contributed by atoms with van der Waals surface area (Å²) >= 11 is 0. The molecule has 0 aliphatic carbocycles. The minimum Gasteiger partial charge on any atom is -0.493 e. The number of para-hydroxylation sites is 2. The van der Waals surface area contributed by atoms with Gasteiger partial charge in [0.2, 0.25) is 0 Å². The van der Waals surface area contributed by atoms with Crippen LogP contribution in [0.2, 0.25) is 0 Å². The molecular formula is C26H29NO6S. The van der Waals surface area contributed by atoms with Gasteiger partial charge < -0.3 is 19.1 Å². The predicted octanol–water partition coefficient (Wildman–Crippen LogP) is 4.09. The third-order valence-corrected chi connectivity index (χ3v) is 6.07. The SMILES string of the molecule is CN(CCCOc1cccc(S(C)(=O)=O)c1)C(=O)c1ccccc1OCCOc1ccccc1. The van der Waals surface area contributed by atoms with Gasteiger partial charge in [-0.1, -0.05) is 36.4 Å². The number of hydrogen-bond acceptors (Lipinski definition) is 6. The molecule has 3 rings (SSSR count). The largest absolute Gasteiger partial charge is 0.493 e. The second-order valence-electron chi connectivity index (χ2n) is 7.68. The Labute approximate surface area is 200 Å². The average molecular weight is 484 g/mol. The summed E-state index contributed by atoms with van der Waals surface area (Å²) in [7, 11) is -1.57. The van der Waals surface area contributed by atoms with Crippen LogP contribution < -0.4 is 14.2 Å². The molecule has 7 nitrogen and oxygen atoms in total. The molecule has 0 radical (unpaired) electrons. The van der Waals surface area contributed by atoms with E-state index in [1.165, 1.54) is 12.1 Å². The number of hydrogen-bond donors (Lipinski definition) is 0. The van der Waals surface area contributed by atoms with E-state index in [9.17, 15) is 13.2 Å². The highest BCUT2D eigenvalue weighted by Gasteiger charge is 2.16. The molecule has 0 atom stereocenters. The molecule has 3 aromatic carbocycles. The molecule has 0 saturated carbocycles. The first-order chi connectivity index (χ1) is 16.3. The first kappa shape index (κ1) is 25.1. The Bertz CT molecular complexity index is 1180. The van der Waals surface area contributed by atoms with Crippen molar-refractivity contribution in [1.29, 1.82) is 0 Å². The molecule has 0 aliphatic rings. The van der Waals surface area contributed by atoms with E-state index in [-0.39, 0.29) is 10.8 Å². The molecular weight excluding hydrogens is 454 g/mol. The van der Waals surface area contributed by atoms with Crippen LogP contribution in [-0.4, -0.2) is 58.9 Å². The van der Waals surface area contributed by atoms with Gasteiger partial charge in [0.05, 0.1) is 17.1 Å². The van der Waals surface area contributed by atoms with Crippen molar-refractivity contribution >= 4 is 15.7 Å². The van der Waals surface area contributed by atoms with E-state index in [2.05, 4.69) is 0 Å². The van der Waals surface area contributed by atoms with Crippen molar-refractivity contribution in [2.75, 3.05) is 39.7 Å². The van der Waals surface area contributed by atoms with Crippen LogP contribution in [0, 0.1) is 0 Å². The second kappa shape index (κ2) is 12.1. The van der Waals surface area contributed by atoms with Crippen LogP contribution in [0.1, 0.15) is 16.8 Å². The highest BCUT2D eigenvalue weighted by Crippen LogP contribution is 2.20. The maximum atomic E-state index is 12.9. The quantitative estimate of drug-likeness (QED) is 0.361. The van der Waals surface area contributed by atoms with Crippen molar-refractivity contribution < 1.29 is 27.4 Å². The first-order valence-electron chi connectivity index (χ1n) is 10.9. The van der Waals surface area contributed by atoms with E-state index in [0.29, 0.717) is 49.8 Å². The number of rotatable bonds is 12. The van der Waals surface area contributed by atoms with E-state index < -0.39 is 9.84 Å². The maximum Gasteiger partial charge on any atom is 0.257 e. The summed E-state index contributed by atoms with van der Waals surface area (Å²) in [6, 6.07) is 23.0. The van der Waals surface area contributed by atoms with Gasteiger partial charge in [-0.3, -0.25) is 4.79 Å². The summed E-state index contributed by atoms with van der Waals surface area (Å²) in [6.07, 6.45) is 1.74. The standard InChI is InChI=1S/C26H29NO6S/c1-27(16-9-17-31-22-12-8-13-23(20-22)34(2,29)30)26(28)24-14-6-7-15-25(24)33-19-18-32-21-10-4-3-5-11-21/h3-8,10-15,20H,9,16-19H2,1-2H3. The summed E-state index contributed by atoms with van der Waals surface area (Å²) in [5.74, 6) is 1.59. The lowest BCUT2D eigenvalue weighted by atomic mass is 10.1. The van der Waals surface area contributed by atoms with Crippen molar-refractivity contribution in [2.45, 2.75) is 11.3 Å². The van der Waals surface area contributed by atoms with Crippen molar-refractivity contribution in [3.05, 3.63) is 84.4 Å². The summed E-state index contributed by atoms with van der Waals surface area (Å²) in [5.41, 5.74) is 0.478. The zero-order valence-electron chi connectivity index (χ0n) is 19.3. The van der Waals surface area contributed by atoms with Crippen molar-refractivity contribution in [3.8, 4) is 17.2 Å². The Hall–Kier alpha value is -3.52. The van der Waals surface area contributed by atoms with E-state index >= 15 is 0 Å². The van der Waals surface area contributed by atoms with Crippen molar-refractivity contribution in [2.24, 2.45) is 0 Å². The van der Waals surface area contributed by atoms with Gasteiger partial charge in [0, 0.05) is 19.8 Å². The van der Waals surface area contributed by atoms with Crippen molar-refractivity contribution in [1.82, 2.24) is 4.90 Å². The molecule has 3 aromatic rings. The van der Waals surface area contributed by atoms with E-state index in [4.69, 9.17) is 14.2 Å². The minimum absolute atomic E-state index is 0.154. The van der Waals surface area contributed by atoms with Crippen LogP contribution in [0.25, 0.3) is 0 Å². The molecule has 0 heterocycles. The smallest absolute Gasteiger partial charge is 0.257 e.